The Balaban J connectivity index is 2.03. The molecule has 2 heterocycles. The van der Waals surface area contributed by atoms with Crippen LogP contribution in [0.1, 0.15) is 25.7 Å². The van der Waals surface area contributed by atoms with E-state index in [4.69, 9.17) is 0 Å². The van der Waals surface area contributed by atoms with Crippen LogP contribution in [0.3, 0.4) is 0 Å². The van der Waals surface area contributed by atoms with Crippen molar-refractivity contribution in [3.8, 4) is 0 Å². The minimum Gasteiger partial charge on any atom is -0.356 e. The van der Waals surface area contributed by atoms with E-state index in [9.17, 15) is 9.59 Å². The highest BCUT2D eigenvalue weighted by molar-refractivity contribution is 5.80. The summed E-state index contributed by atoms with van der Waals surface area (Å²) in [6.45, 7) is 1.44. The van der Waals surface area contributed by atoms with Gasteiger partial charge in [-0.25, -0.2) is 0 Å². The maximum atomic E-state index is 11.2. The molecule has 2 fully saturated rings. The van der Waals surface area contributed by atoms with Gasteiger partial charge in [0.1, 0.15) is 0 Å². The van der Waals surface area contributed by atoms with E-state index in [-0.39, 0.29) is 17.2 Å². The molecule has 0 aliphatic carbocycles. The highest BCUT2D eigenvalue weighted by atomic mass is 16.2. The van der Waals surface area contributed by atoms with Gasteiger partial charge in [0, 0.05) is 25.9 Å². The molecule has 1 atom stereocenters. The lowest BCUT2D eigenvalue weighted by atomic mass is 9.73. The molecule has 13 heavy (non-hydrogen) atoms. The summed E-state index contributed by atoms with van der Waals surface area (Å²) in [5.41, 5.74) is 0.0657. The summed E-state index contributed by atoms with van der Waals surface area (Å²) in [5.74, 6) is 0.249. The second kappa shape index (κ2) is 3.01. The van der Waals surface area contributed by atoms with E-state index in [0.717, 1.165) is 19.4 Å². The summed E-state index contributed by atoms with van der Waals surface area (Å²) >= 11 is 0. The van der Waals surface area contributed by atoms with E-state index < -0.39 is 0 Å². The Kier molecular flexibility index (Phi) is 1.98. The predicted octanol–water partition coefficient (Wildman–Crippen LogP) is -0.207. The number of carbonyl (C=O) groups excluding carboxylic acids is 2. The van der Waals surface area contributed by atoms with Crippen molar-refractivity contribution in [2.75, 3.05) is 13.1 Å². The maximum absolute atomic E-state index is 11.2. The Morgan fingerprint density at radius 2 is 1.92 bits per heavy atom. The van der Waals surface area contributed by atoms with Gasteiger partial charge < -0.3 is 10.6 Å². The summed E-state index contributed by atoms with van der Waals surface area (Å²) in [4.78, 5) is 22.2. The molecule has 2 aliphatic rings. The molecule has 2 N–H and O–H groups in total. The fourth-order valence-corrected chi connectivity index (χ4v) is 2.16. The van der Waals surface area contributed by atoms with Crippen molar-refractivity contribution in [3.05, 3.63) is 0 Å². The van der Waals surface area contributed by atoms with Crippen LogP contribution in [-0.2, 0) is 9.59 Å². The average Bonchev–Trinajstić information content (AvgIpc) is 2.11. The molecule has 2 rings (SSSR count). The van der Waals surface area contributed by atoms with Crippen LogP contribution < -0.4 is 10.6 Å². The zero-order valence-electron chi connectivity index (χ0n) is 7.56. The van der Waals surface area contributed by atoms with Crippen LogP contribution in [0.15, 0.2) is 0 Å². The summed E-state index contributed by atoms with van der Waals surface area (Å²) in [5, 5.41) is 5.66. The highest BCUT2D eigenvalue weighted by Gasteiger charge is 2.38. The lowest BCUT2D eigenvalue weighted by Crippen LogP contribution is -2.50. The lowest BCUT2D eigenvalue weighted by Gasteiger charge is -2.39. The number of rotatable bonds is 0. The molecule has 2 amide bonds. The molecule has 0 aromatic rings. The smallest absolute Gasteiger partial charge is 0.220 e. The van der Waals surface area contributed by atoms with Gasteiger partial charge >= 0.3 is 0 Å². The van der Waals surface area contributed by atoms with E-state index in [0.29, 0.717) is 19.4 Å². The fraction of sp³-hybridized carbons (Fsp3) is 0.778. The van der Waals surface area contributed by atoms with E-state index in [1.54, 1.807) is 0 Å². The zero-order valence-corrected chi connectivity index (χ0v) is 7.56. The van der Waals surface area contributed by atoms with Crippen molar-refractivity contribution in [1.82, 2.24) is 10.6 Å². The first-order valence-corrected chi connectivity index (χ1v) is 4.74. The summed E-state index contributed by atoms with van der Waals surface area (Å²) in [7, 11) is 0. The van der Waals surface area contributed by atoms with Crippen LogP contribution in [0.2, 0.25) is 0 Å². The lowest BCUT2D eigenvalue weighted by molar-refractivity contribution is -0.131. The first-order valence-electron chi connectivity index (χ1n) is 4.74. The van der Waals surface area contributed by atoms with Crippen LogP contribution >= 0.6 is 0 Å². The molecular weight excluding hydrogens is 168 g/mol. The zero-order chi connectivity index (χ0) is 9.31. The SMILES string of the molecule is O=C1CCC2(CCNC(=O)C2)CN1. The normalized spacial score (nSPS) is 34.2. The number of hydrogen-bond acceptors (Lipinski definition) is 2. The van der Waals surface area contributed by atoms with Crippen LogP contribution in [0.4, 0.5) is 0 Å². The van der Waals surface area contributed by atoms with Gasteiger partial charge in [0.05, 0.1) is 0 Å². The third kappa shape index (κ3) is 1.66. The molecule has 4 heteroatoms. The van der Waals surface area contributed by atoms with Gasteiger partial charge in [-0.1, -0.05) is 0 Å². The van der Waals surface area contributed by atoms with Gasteiger partial charge in [-0.15, -0.1) is 0 Å². The Morgan fingerprint density at radius 3 is 2.54 bits per heavy atom. The first-order chi connectivity index (χ1) is 6.20. The van der Waals surface area contributed by atoms with Crippen LogP contribution in [0, 0.1) is 5.41 Å². The second-order valence-electron chi connectivity index (χ2n) is 4.05. The molecule has 0 saturated carbocycles. The van der Waals surface area contributed by atoms with Crippen molar-refractivity contribution in [2.24, 2.45) is 5.41 Å². The minimum atomic E-state index is 0.0657. The number of nitrogens with one attached hydrogen (secondary N) is 2. The van der Waals surface area contributed by atoms with Crippen LogP contribution in [0.25, 0.3) is 0 Å². The fourth-order valence-electron chi connectivity index (χ4n) is 2.16. The highest BCUT2D eigenvalue weighted by Crippen LogP contribution is 2.35. The Labute approximate surface area is 77.1 Å². The van der Waals surface area contributed by atoms with Crippen LogP contribution in [0.5, 0.6) is 0 Å². The molecule has 0 aromatic heterocycles. The predicted molar refractivity (Wildman–Crippen MR) is 46.9 cm³/mol. The van der Waals surface area contributed by atoms with E-state index in [2.05, 4.69) is 10.6 Å². The van der Waals surface area contributed by atoms with Crippen molar-refractivity contribution in [1.29, 1.82) is 0 Å². The van der Waals surface area contributed by atoms with Gasteiger partial charge in [-0.05, 0) is 18.3 Å². The number of amides is 2. The second-order valence-corrected chi connectivity index (χ2v) is 4.05. The number of piperidine rings is 2. The quantitative estimate of drug-likeness (QED) is 0.544. The van der Waals surface area contributed by atoms with Gasteiger partial charge in [0.25, 0.3) is 0 Å². The summed E-state index contributed by atoms with van der Waals surface area (Å²) in [6, 6.07) is 0. The molecule has 1 unspecified atom stereocenters. The van der Waals surface area contributed by atoms with Crippen molar-refractivity contribution < 1.29 is 9.59 Å². The molecule has 72 valence electrons. The van der Waals surface area contributed by atoms with E-state index in [1.807, 2.05) is 0 Å². The summed E-state index contributed by atoms with van der Waals surface area (Å²) < 4.78 is 0. The molecule has 2 saturated heterocycles. The average molecular weight is 182 g/mol. The monoisotopic (exact) mass is 182 g/mol. The van der Waals surface area contributed by atoms with E-state index in [1.165, 1.54) is 0 Å². The largest absolute Gasteiger partial charge is 0.356 e. The van der Waals surface area contributed by atoms with Crippen molar-refractivity contribution >= 4 is 11.8 Å². The molecule has 4 nitrogen and oxygen atoms in total. The summed E-state index contributed by atoms with van der Waals surface area (Å²) in [6.07, 6.45) is 3.02. The molecule has 0 aromatic carbocycles. The van der Waals surface area contributed by atoms with Gasteiger partial charge in [-0.2, -0.15) is 0 Å². The molecule has 0 radical (unpaired) electrons. The van der Waals surface area contributed by atoms with Crippen molar-refractivity contribution in [2.45, 2.75) is 25.7 Å². The molecular formula is C9H14N2O2. The standard InChI is InChI=1S/C9H14N2O2/c12-7-1-2-9(6-11-7)3-4-10-8(13)5-9/h1-6H2,(H,10,13)(H,11,12). The van der Waals surface area contributed by atoms with E-state index >= 15 is 0 Å². The Bertz CT molecular complexity index is 240. The topological polar surface area (TPSA) is 58.2 Å². The van der Waals surface area contributed by atoms with Gasteiger partial charge in [0.15, 0.2) is 0 Å². The Morgan fingerprint density at radius 1 is 1.08 bits per heavy atom. The van der Waals surface area contributed by atoms with Gasteiger partial charge in [0.2, 0.25) is 11.8 Å². The molecule has 1 spiro atoms. The third-order valence-electron chi connectivity index (χ3n) is 3.06. The third-order valence-corrected chi connectivity index (χ3v) is 3.06. The minimum absolute atomic E-state index is 0.0657. The Hall–Kier alpha value is -1.06. The van der Waals surface area contributed by atoms with Gasteiger partial charge in [-0.3, -0.25) is 9.59 Å². The number of carbonyl (C=O) groups is 2. The maximum Gasteiger partial charge on any atom is 0.220 e. The van der Waals surface area contributed by atoms with Crippen molar-refractivity contribution in [3.63, 3.8) is 0 Å². The first kappa shape index (κ1) is 8.53. The number of hydrogen-bond donors (Lipinski definition) is 2. The molecule has 2 aliphatic heterocycles. The molecule has 0 bridgehead atoms. The van der Waals surface area contributed by atoms with Crippen LogP contribution in [-0.4, -0.2) is 24.9 Å².